The summed E-state index contributed by atoms with van der Waals surface area (Å²) in [6.07, 6.45) is 2.25. The van der Waals surface area contributed by atoms with E-state index < -0.39 is 34.6 Å². The van der Waals surface area contributed by atoms with Crippen molar-refractivity contribution in [3.8, 4) is 0 Å². The van der Waals surface area contributed by atoms with E-state index in [1.807, 2.05) is 4.31 Å². The number of halogens is 3. The molecule has 33 heavy (non-hydrogen) atoms. The van der Waals surface area contributed by atoms with Crippen LogP contribution in [0.1, 0.15) is 77.0 Å². The van der Waals surface area contributed by atoms with E-state index in [9.17, 15) is 22.2 Å². The van der Waals surface area contributed by atoms with Gasteiger partial charge in [0, 0.05) is 45.8 Å². The molecule has 0 radical (unpaired) electrons. The minimum absolute atomic E-state index is 0.181. The Balaban J connectivity index is 1.46. The van der Waals surface area contributed by atoms with E-state index in [1.165, 1.54) is 0 Å². The summed E-state index contributed by atoms with van der Waals surface area (Å²) in [6, 6.07) is 0. The van der Waals surface area contributed by atoms with Crippen LogP contribution in [0.3, 0.4) is 0 Å². The largest absolute Gasteiger partial charge is 0.389 e. The lowest BCUT2D eigenvalue weighted by atomic mass is 9.92. The van der Waals surface area contributed by atoms with Crippen LogP contribution in [0.2, 0.25) is 0 Å². The van der Waals surface area contributed by atoms with Gasteiger partial charge in [0.2, 0.25) is 0 Å². The van der Waals surface area contributed by atoms with Gasteiger partial charge in [-0.15, -0.1) is 0 Å². The number of unbranched alkanes of at least 4 members (excludes halogenated alkanes) is 2. The number of nitrogens with zero attached hydrogens (tertiary/aromatic N) is 1. The van der Waals surface area contributed by atoms with Gasteiger partial charge >= 0.3 is 6.18 Å². The van der Waals surface area contributed by atoms with Gasteiger partial charge < -0.3 is 9.47 Å². The fraction of sp³-hybridized carbons (Fsp3) is 0.955. The highest BCUT2D eigenvalue weighted by Crippen LogP contribution is 2.33. The van der Waals surface area contributed by atoms with Crippen molar-refractivity contribution in [1.29, 1.82) is 0 Å². The molecule has 3 saturated heterocycles. The van der Waals surface area contributed by atoms with Crippen LogP contribution in [0.15, 0.2) is 0 Å². The second-order valence-corrected chi connectivity index (χ2v) is 11.1. The van der Waals surface area contributed by atoms with Gasteiger partial charge in [0.15, 0.2) is 6.29 Å². The molecule has 0 aliphatic carbocycles. The van der Waals surface area contributed by atoms with Crippen molar-refractivity contribution in [3.05, 3.63) is 0 Å². The van der Waals surface area contributed by atoms with Crippen LogP contribution in [0.4, 0.5) is 13.2 Å². The van der Waals surface area contributed by atoms with Gasteiger partial charge in [-0.25, -0.2) is 18.8 Å². The van der Waals surface area contributed by atoms with Gasteiger partial charge in [0.1, 0.15) is 15.7 Å². The van der Waals surface area contributed by atoms with Crippen LogP contribution in [0, 0.1) is 5.92 Å². The first kappa shape index (κ1) is 26.8. The molecule has 1 N–H and O–H groups in total. The van der Waals surface area contributed by atoms with Gasteiger partial charge in [-0.2, -0.15) is 13.2 Å². The summed E-state index contributed by atoms with van der Waals surface area (Å²) in [5.74, 6) is 0.0421. The molecule has 0 bridgehead atoms. The summed E-state index contributed by atoms with van der Waals surface area (Å²) in [4.78, 5) is 18.6. The van der Waals surface area contributed by atoms with E-state index in [4.69, 9.17) is 14.3 Å². The molecule has 7 nitrogen and oxygen atoms in total. The Hall–Kier alpha value is -0.750. The van der Waals surface area contributed by atoms with Crippen molar-refractivity contribution in [2.24, 2.45) is 5.92 Å². The molecule has 3 fully saturated rings. The molecule has 192 valence electrons. The molecule has 0 saturated carbocycles. The van der Waals surface area contributed by atoms with Gasteiger partial charge in [0.25, 0.3) is 5.91 Å². The third-order valence-electron chi connectivity index (χ3n) is 6.85. The molecular formula is C22H37F3N2O5S. The number of rotatable bonds is 10. The van der Waals surface area contributed by atoms with E-state index in [1.54, 1.807) is 0 Å². The van der Waals surface area contributed by atoms with Crippen molar-refractivity contribution < 1.29 is 36.5 Å². The first-order valence-corrected chi connectivity index (χ1v) is 13.3. The Labute approximate surface area is 196 Å². The second kappa shape index (κ2) is 12.8. The molecule has 3 aliphatic heterocycles. The Bertz CT molecular complexity index is 632. The lowest BCUT2D eigenvalue weighted by molar-refractivity contribution is -0.202. The molecule has 2 unspecified atom stereocenters. The van der Waals surface area contributed by atoms with Gasteiger partial charge in [0.05, 0.1) is 0 Å². The lowest BCUT2D eigenvalue weighted by Crippen LogP contribution is -2.58. The summed E-state index contributed by atoms with van der Waals surface area (Å²) in [6.45, 7) is 2.56. The highest BCUT2D eigenvalue weighted by molar-refractivity contribution is 7.85. The van der Waals surface area contributed by atoms with Crippen molar-refractivity contribution in [3.63, 3.8) is 0 Å². The van der Waals surface area contributed by atoms with Crippen LogP contribution < -0.4 is 5.48 Å². The summed E-state index contributed by atoms with van der Waals surface area (Å²) < 4.78 is 62.1. The monoisotopic (exact) mass is 498 g/mol. The maximum Gasteiger partial charge on any atom is 0.389 e. The number of hydroxylamine groups is 1. The first-order chi connectivity index (χ1) is 15.8. The van der Waals surface area contributed by atoms with E-state index >= 15 is 0 Å². The molecule has 2 atom stereocenters. The number of ether oxygens (including phenoxy) is 2. The fourth-order valence-electron chi connectivity index (χ4n) is 4.74. The zero-order valence-corrected chi connectivity index (χ0v) is 20.0. The zero-order valence-electron chi connectivity index (χ0n) is 19.2. The Morgan fingerprint density at radius 1 is 1.06 bits per heavy atom. The maximum absolute atomic E-state index is 13.6. The van der Waals surface area contributed by atoms with Crippen molar-refractivity contribution in [1.82, 2.24) is 9.79 Å². The fourth-order valence-corrected chi connectivity index (χ4v) is 6.50. The molecule has 1 amide bonds. The summed E-state index contributed by atoms with van der Waals surface area (Å²) in [7, 11) is -1.53. The molecule has 0 aromatic carbocycles. The Kier molecular flexibility index (Phi) is 10.4. The third kappa shape index (κ3) is 8.16. The van der Waals surface area contributed by atoms with Crippen molar-refractivity contribution >= 4 is 16.9 Å². The van der Waals surface area contributed by atoms with Gasteiger partial charge in [-0.05, 0) is 50.9 Å². The number of nitrogens with one attached hydrogen (secondary N) is 1. The molecule has 0 spiro atoms. The number of amides is 1. The highest BCUT2D eigenvalue weighted by Gasteiger charge is 2.49. The molecule has 0 aromatic heterocycles. The quantitative estimate of drug-likeness (QED) is 0.364. The van der Waals surface area contributed by atoms with E-state index in [-0.39, 0.29) is 12.3 Å². The third-order valence-corrected chi connectivity index (χ3v) is 8.95. The molecular weight excluding hydrogens is 461 g/mol. The molecule has 3 heterocycles. The summed E-state index contributed by atoms with van der Waals surface area (Å²) in [5.41, 5.74) is 2.52. The van der Waals surface area contributed by atoms with Crippen molar-refractivity contribution in [2.75, 3.05) is 32.9 Å². The molecule has 11 heteroatoms. The van der Waals surface area contributed by atoms with E-state index in [0.717, 1.165) is 38.5 Å². The van der Waals surface area contributed by atoms with Crippen molar-refractivity contribution in [2.45, 2.75) is 94.3 Å². The number of piperidine rings is 1. The molecule has 0 aromatic rings. The predicted octanol–water partition coefficient (Wildman–Crippen LogP) is 4.00. The number of carbonyl (C=O) groups is 1. The average Bonchev–Trinajstić information content (AvgIpc) is 2.82. The summed E-state index contributed by atoms with van der Waals surface area (Å²) in [5, 5.41) is 0. The minimum Gasteiger partial charge on any atom is -0.381 e. The maximum atomic E-state index is 13.6. The van der Waals surface area contributed by atoms with Crippen LogP contribution in [0.5, 0.6) is 0 Å². The topological polar surface area (TPSA) is 77.1 Å². The number of carbonyl (C=O) groups excluding carboxylic acids is 1. The Morgan fingerprint density at radius 3 is 2.42 bits per heavy atom. The van der Waals surface area contributed by atoms with Crippen LogP contribution in [-0.2, 0) is 30.1 Å². The summed E-state index contributed by atoms with van der Waals surface area (Å²) >= 11 is 0. The number of alkyl halides is 3. The number of hydrogen-bond donors (Lipinski definition) is 1. The average molecular weight is 499 g/mol. The smallest absolute Gasteiger partial charge is 0.381 e. The molecule has 3 aliphatic rings. The van der Waals surface area contributed by atoms with E-state index in [2.05, 4.69) is 5.48 Å². The van der Waals surface area contributed by atoms with Gasteiger partial charge in [-0.3, -0.25) is 4.79 Å². The second-order valence-electron chi connectivity index (χ2n) is 9.29. The Morgan fingerprint density at radius 2 is 1.79 bits per heavy atom. The van der Waals surface area contributed by atoms with Crippen LogP contribution >= 0.6 is 0 Å². The van der Waals surface area contributed by atoms with E-state index in [0.29, 0.717) is 64.5 Å². The minimum atomic E-state index is -4.07. The van der Waals surface area contributed by atoms with Crippen LogP contribution in [0.25, 0.3) is 0 Å². The lowest BCUT2D eigenvalue weighted by Gasteiger charge is -2.40. The number of hydrogen-bond acceptors (Lipinski definition) is 5. The zero-order chi connectivity index (χ0) is 23.7. The molecule has 3 rings (SSSR count). The normalized spacial score (nSPS) is 26.1. The predicted molar refractivity (Wildman–Crippen MR) is 117 cm³/mol. The SMILES string of the molecule is O=C(NOC1CCCCO1)C1(S(=O)N2CCC(CCCCCC(F)(F)F)CC2)CCOCC1. The first-order valence-electron chi connectivity index (χ1n) is 12.2. The van der Waals surface area contributed by atoms with Crippen LogP contribution in [-0.4, -0.2) is 64.5 Å². The standard InChI is InChI=1S/C22H37F3N2O5S/c23-22(24,25)10-4-1-2-6-18-8-13-27(14-9-18)33(29)21(11-16-30-17-12-21)20(28)26-32-19-7-3-5-15-31-19/h18-19H,1-17H2,(H,26,28). The highest BCUT2D eigenvalue weighted by atomic mass is 32.2. The van der Waals surface area contributed by atoms with Gasteiger partial charge in [-0.1, -0.05) is 19.3 Å².